The predicted molar refractivity (Wildman–Crippen MR) is 77.9 cm³/mol. The molecule has 0 radical (unpaired) electrons. The van der Waals surface area contributed by atoms with Gasteiger partial charge in [0.2, 0.25) is 11.9 Å². The third-order valence-electron chi connectivity index (χ3n) is 2.25. The van der Waals surface area contributed by atoms with E-state index < -0.39 is 0 Å². The van der Waals surface area contributed by atoms with Crippen LogP contribution in [-0.4, -0.2) is 36.1 Å². The molecule has 2 rings (SSSR count). The van der Waals surface area contributed by atoms with E-state index in [-0.39, 0.29) is 6.01 Å². The van der Waals surface area contributed by atoms with Gasteiger partial charge in [0.15, 0.2) is 0 Å². The lowest BCUT2D eigenvalue weighted by atomic mass is 10.3. The molecule has 100 valence electrons. The van der Waals surface area contributed by atoms with Crippen molar-refractivity contribution < 1.29 is 4.74 Å². The Morgan fingerprint density at radius 2 is 1.79 bits per heavy atom. The number of hydrogen-bond acceptors (Lipinski definition) is 6. The third kappa shape index (κ3) is 3.54. The van der Waals surface area contributed by atoms with Crippen molar-refractivity contribution in [1.82, 2.24) is 15.0 Å². The normalized spacial score (nSPS) is 10.1. The van der Waals surface area contributed by atoms with Crippen molar-refractivity contribution in [2.75, 3.05) is 31.4 Å². The van der Waals surface area contributed by atoms with Crippen LogP contribution >= 0.6 is 15.9 Å². The van der Waals surface area contributed by atoms with Crippen molar-refractivity contribution in [3.8, 4) is 11.8 Å². The minimum absolute atomic E-state index is 0.255. The van der Waals surface area contributed by atoms with Crippen molar-refractivity contribution in [1.29, 1.82) is 0 Å². The van der Waals surface area contributed by atoms with Crippen molar-refractivity contribution in [2.45, 2.75) is 0 Å². The monoisotopic (exact) mass is 323 g/mol. The van der Waals surface area contributed by atoms with Crippen LogP contribution in [0.1, 0.15) is 0 Å². The van der Waals surface area contributed by atoms with Crippen LogP contribution in [-0.2, 0) is 0 Å². The first kappa shape index (κ1) is 13.5. The van der Waals surface area contributed by atoms with Gasteiger partial charge in [0, 0.05) is 25.6 Å². The zero-order valence-corrected chi connectivity index (χ0v) is 12.5. The highest BCUT2D eigenvalue weighted by Gasteiger charge is 2.09. The predicted octanol–water partition coefficient (Wildman–Crippen LogP) is 2.53. The highest BCUT2D eigenvalue weighted by molar-refractivity contribution is 9.10. The van der Waals surface area contributed by atoms with E-state index in [1.54, 1.807) is 11.9 Å². The van der Waals surface area contributed by atoms with Crippen molar-refractivity contribution in [3.63, 3.8) is 0 Å². The van der Waals surface area contributed by atoms with E-state index >= 15 is 0 Å². The van der Waals surface area contributed by atoms with Crippen LogP contribution in [0, 0.1) is 0 Å². The first-order valence-electron chi connectivity index (χ1n) is 5.63. The standard InChI is InChI=1S/C12H14BrN5O/c1-14-10-15-11(18(2)3)17-12(16-10)19-9-6-4-8(13)5-7-9/h4-7H,1-3H3,(H,14,15,16,17). The van der Waals surface area contributed by atoms with Crippen LogP contribution in [0.25, 0.3) is 0 Å². The molecule has 0 aliphatic heterocycles. The summed E-state index contributed by atoms with van der Waals surface area (Å²) in [6.07, 6.45) is 0. The minimum atomic E-state index is 0.255. The average Bonchev–Trinajstić information content (AvgIpc) is 2.41. The van der Waals surface area contributed by atoms with E-state index in [0.717, 1.165) is 4.47 Å². The largest absolute Gasteiger partial charge is 0.424 e. The van der Waals surface area contributed by atoms with Crippen LogP contribution in [0.15, 0.2) is 28.7 Å². The molecule has 0 amide bonds. The van der Waals surface area contributed by atoms with Crippen molar-refractivity contribution in [2.24, 2.45) is 0 Å². The molecule has 0 atom stereocenters. The van der Waals surface area contributed by atoms with Gasteiger partial charge in [0.05, 0.1) is 0 Å². The minimum Gasteiger partial charge on any atom is -0.424 e. The molecular formula is C12H14BrN5O. The lowest BCUT2D eigenvalue weighted by Crippen LogP contribution is -2.15. The number of hydrogen-bond donors (Lipinski definition) is 1. The number of aromatic nitrogens is 3. The summed E-state index contributed by atoms with van der Waals surface area (Å²) in [5.74, 6) is 1.67. The van der Waals surface area contributed by atoms with Crippen LogP contribution in [0.2, 0.25) is 0 Å². The molecule has 1 aromatic heterocycles. The fourth-order valence-electron chi connectivity index (χ4n) is 1.31. The maximum Gasteiger partial charge on any atom is 0.328 e. The number of halogens is 1. The highest BCUT2D eigenvalue weighted by Crippen LogP contribution is 2.22. The Bertz CT molecular complexity index is 559. The summed E-state index contributed by atoms with van der Waals surface area (Å²) in [6.45, 7) is 0. The summed E-state index contributed by atoms with van der Waals surface area (Å²) in [4.78, 5) is 14.4. The number of nitrogens with zero attached hydrogens (tertiary/aromatic N) is 4. The summed E-state index contributed by atoms with van der Waals surface area (Å²) >= 11 is 3.37. The van der Waals surface area contributed by atoms with Crippen LogP contribution in [0.5, 0.6) is 11.8 Å². The Kier molecular flexibility index (Phi) is 4.16. The van der Waals surface area contributed by atoms with Gasteiger partial charge in [0.1, 0.15) is 5.75 Å². The van der Waals surface area contributed by atoms with Gasteiger partial charge in [-0.25, -0.2) is 0 Å². The van der Waals surface area contributed by atoms with Crippen molar-refractivity contribution >= 4 is 27.8 Å². The lowest BCUT2D eigenvalue weighted by Gasteiger charge is -2.12. The fourth-order valence-corrected chi connectivity index (χ4v) is 1.58. The van der Waals surface area contributed by atoms with E-state index in [4.69, 9.17) is 4.74 Å². The second-order valence-electron chi connectivity index (χ2n) is 3.94. The van der Waals surface area contributed by atoms with E-state index in [1.165, 1.54) is 0 Å². The second kappa shape index (κ2) is 5.83. The number of ether oxygens (including phenoxy) is 1. The molecule has 0 aliphatic carbocycles. The Hall–Kier alpha value is -1.89. The van der Waals surface area contributed by atoms with Crippen LogP contribution in [0.3, 0.4) is 0 Å². The Balaban J connectivity index is 2.28. The van der Waals surface area contributed by atoms with Gasteiger partial charge in [-0.15, -0.1) is 0 Å². The quantitative estimate of drug-likeness (QED) is 0.932. The number of nitrogens with one attached hydrogen (secondary N) is 1. The SMILES string of the molecule is CNc1nc(Oc2ccc(Br)cc2)nc(N(C)C)n1. The van der Waals surface area contributed by atoms with E-state index in [2.05, 4.69) is 36.2 Å². The first-order valence-corrected chi connectivity index (χ1v) is 6.42. The van der Waals surface area contributed by atoms with Gasteiger partial charge in [-0.05, 0) is 24.3 Å². The smallest absolute Gasteiger partial charge is 0.328 e. The molecule has 0 saturated heterocycles. The van der Waals surface area contributed by atoms with Gasteiger partial charge < -0.3 is 15.0 Å². The van der Waals surface area contributed by atoms with Gasteiger partial charge in [-0.2, -0.15) is 15.0 Å². The van der Waals surface area contributed by atoms with Gasteiger partial charge in [-0.3, -0.25) is 0 Å². The van der Waals surface area contributed by atoms with E-state index in [1.807, 2.05) is 38.4 Å². The fraction of sp³-hybridized carbons (Fsp3) is 0.250. The number of anilines is 2. The third-order valence-corrected chi connectivity index (χ3v) is 2.78. The summed E-state index contributed by atoms with van der Waals surface area (Å²) in [6, 6.07) is 7.71. The maximum absolute atomic E-state index is 5.62. The summed E-state index contributed by atoms with van der Waals surface area (Å²) in [5.41, 5.74) is 0. The molecule has 2 aromatic rings. The summed E-state index contributed by atoms with van der Waals surface area (Å²) in [7, 11) is 5.47. The van der Waals surface area contributed by atoms with Crippen LogP contribution in [0.4, 0.5) is 11.9 Å². The van der Waals surface area contributed by atoms with Crippen molar-refractivity contribution in [3.05, 3.63) is 28.7 Å². The molecular weight excluding hydrogens is 310 g/mol. The van der Waals surface area contributed by atoms with Gasteiger partial charge >= 0.3 is 6.01 Å². The Morgan fingerprint density at radius 1 is 1.11 bits per heavy atom. The Labute approximate surface area is 120 Å². The number of benzene rings is 1. The van der Waals surface area contributed by atoms with Crippen LogP contribution < -0.4 is 15.0 Å². The van der Waals surface area contributed by atoms with Gasteiger partial charge in [-0.1, -0.05) is 15.9 Å². The topological polar surface area (TPSA) is 63.2 Å². The maximum atomic E-state index is 5.62. The summed E-state index contributed by atoms with van der Waals surface area (Å²) < 4.78 is 6.60. The molecule has 7 heteroatoms. The average molecular weight is 324 g/mol. The second-order valence-corrected chi connectivity index (χ2v) is 4.86. The zero-order valence-electron chi connectivity index (χ0n) is 10.9. The molecule has 0 spiro atoms. The van der Waals surface area contributed by atoms with E-state index in [9.17, 15) is 0 Å². The molecule has 1 heterocycles. The van der Waals surface area contributed by atoms with E-state index in [0.29, 0.717) is 17.6 Å². The first-order chi connectivity index (χ1) is 9.08. The number of rotatable bonds is 4. The molecule has 0 saturated carbocycles. The van der Waals surface area contributed by atoms with Gasteiger partial charge in [0.25, 0.3) is 0 Å². The molecule has 0 aliphatic rings. The Morgan fingerprint density at radius 3 is 2.37 bits per heavy atom. The lowest BCUT2D eigenvalue weighted by molar-refractivity contribution is 0.440. The molecule has 0 unspecified atom stereocenters. The molecule has 0 bridgehead atoms. The molecule has 0 fully saturated rings. The molecule has 1 N–H and O–H groups in total. The molecule has 19 heavy (non-hydrogen) atoms. The highest BCUT2D eigenvalue weighted by atomic mass is 79.9. The molecule has 6 nitrogen and oxygen atoms in total. The molecule has 1 aromatic carbocycles. The summed E-state index contributed by atoms with van der Waals surface area (Å²) in [5, 5.41) is 2.88. The zero-order chi connectivity index (χ0) is 13.8.